The summed E-state index contributed by atoms with van der Waals surface area (Å²) in [6.07, 6.45) is 0.586. The summed E-state index contributed by atoms with van der Waals surface area (Å²) in [5.74, 6) is 0. The van der Waals surface area contributed by atoms with Gasteiger partial charge in [-0.05, 0) is 24.6 Å². The maximum absolute atomic E-state index is 12.2. The van der Waals surface area contributed by atoms with Crippen molar-refractivity contribution < 1.29 is 13.2 Å². The van der Waals surface area contributed by atoms with E-state index in [1.165, 1.54) is 25.3 Å². The number of nitriles is 1. The lowest BCUT2D eigenvalue weighted by Crippen LogP contribution is -2.37. The molecule has 1 rings (SSSR count). The monoisotopic (exact) mass is 302 g/mol. The predicted molar refractivity (Wildman–Crippen MR) is 72.4 cm³/mol. The Morgan fingerprint density at radius 1 is 1.53 bits per heavy atom. The first-order valence-electron chi connectivity index (χ1n) is 5.65. The van der Waals surface area contributed by atoms with Crippen molar-refractivity contribution in [3.63, 3.8) is 0 Å². The number of ether oxygens (including phenoxy) is 1. The zero-order valence-corrected chi connectivity index (χ0v) is 12.3. The molecule has 0 heterocycles. The maximum Gasteiger partial charge on any atom is 0.242 e. The summed E-state index contributed by atoms with van der Waals surface area (Å²) in [7, 11) is -2.27. The molecule has 0 saturated carbocycles. The van der Waals surface area contributed by atoms with Crippen molar-refractivity contribution >= 4 is 21.6 Å². The van der Waals surface area contributed by atoms with Crippen molar-refractivity contribution in [2.24, 2.45) is 0 Å². The van der Waals surface area contributed by atoms with E-state index >= 15 is 0 Å². The van der Waals surface area contributed by atoms with E-state index in [9.17, 15) is 8.42 Å². The maximum atomic E-state index is 12.2. The second kappa shape index (κ2) is 6.87. The predicted octanol–water partition coefficient (Wildman–Crippen LogP) is 1.91. The third-order valence-corrected chi connectivity index (χ3v) is 4.53. The third kappa shape index (κ3) is 4.18. The fraction of sp³-hybridized carbons (Fsp3) is 0.417. The van der Waals surface area contributed by atoms with Crippen LogP contribution in [0.1, 0.15) is 18.9 Å². The number of hydrogen-bond acceptors (Lipinski definition) is 4. The molecule has 0 radical (unpaired) electrons. The highest BCUT2D eigenvalue weighted by Gasteiger charge is 2.22. The Morgan fingerprint density at radius 3 is 2.74 bits per heavy atom. The Bertz CT molecular complexity index is 581. The van der Waals surface area contributed by atoms with Gasteiger partial charge in [-0.1, -0.05) is 18.5 Å². The van der Waals surface area contributed by atoms with Crippen molar-refractivity contribution in [3.8, 4) is 6.07 Å². The number of sulfonamides is 1. The number of methoxy groups -OCH3 is 1. The molecular formula is C12H15ClN2O3S. The van der Waals surface area contributed by atoms with Gasteiger partial charge in [-0.25, -0.2) is 13.1 Å². The number of hydrogen-bond donors (Lipinski definition) is 1. The van der Waals surface area contributed by atoms with Crippen LogP contribution in [0.15, 0.2) is 23.1 Å². The van der Waals surface area contributed by atoms with E-state index in [4.69, 9.17) is 21.6 Å². The molecule has 0 aromatic heterocycles. The molecule has 7 heteroatoms. The molecule has 1 N–H and O–H groups in total. The van der Waals surface area contributed by atoms with Crippen molar-refractivity contribution in [2.45, 2.75) is 24.3 Å². The van der Waals surface area contributed by atoms with E-state index in [2.05, 4.69) is 4.72 Å². The summed E-state index contributed by atoms with van der Waals surface area (Å²) < 4.78 is 31.9. The van der Waals surface area contributed by atoms with Gasteiger partial charge in [0.1, 0.15) is 4.90 Å². The van der Waals surface area contributed by atoms with Gasteiger partial charge in [-0.2, -0.15) is 5.26 Å². The van der Waals surface area contributed by atoms with Crippen LogP contribution < -0.4 is 4.72 Å². The van der Waals surface area contributed by atoms with E-state index in [0.717, 1.165) is 0 Å². The number of nitrogens with one attached hydrogen (secondary N) is 1. The van der Waals surface area contributed by atoms with Gasteiger partial charge in [-0.15, -0.1) is 0 Å². The Kier molecular flexibility index (Phi) is 5.76. The van der Waals surface area contributed by atoms with Crippen LogP contribution in [0.25, 0.3) is 0 Å². The van der Waals surface area contributed by atoms with Crippen molar-refractivity contribution in [1.29, 1.82) is 5.26 Å². The summed E-state index contributed by atoms with van der Waals surface area (Å²) >= 11 is 5.88. The second-order valence-electron chi connectivity index (χ2n) is 3.94. The summed E-state index contributed by atoms with van der Waals surface area (Å²) in [5.41, 5.74) is 0.240. The molecular weight excluding hydrogens is 288 g/mol. The van der Waals surface area contributed by atoms with E-state index in [-0.39, 0.29) is 28.1 Å². The molecule has 104 valence electrons. The largest absolute Gasteiger partial charge is 0.383 e. The van der Waals surface area contributed by atoms with Gasteiger partial charge in [0.05, 0.1) is 23.3 Å². The Hall–Kier alpha value is -1.13. The second-order valence-corrected chi connectivity index (χ2v) is 6.03. The van der Waals surface area contributed by atoms with Crippen LogP contribution in [0.2, 0.25) is 5.02 Å². The lowest BCUT2D eigenvalue weighted by Gasteiger charge is -2.16. The number of rotatable bonds is 6. The van der Waals surface area contributed by atoms with Gasteiger partial charge in [0.2, 0.25) is 10.0 Å². The molecule has 1 aromatic rings. The molecule has 0 amide bonds. The molecule has 0 fully saturated rings. The van der Waals surface area contributed by atoms with Crippen LogP contribution >= 0.6 is 11.6 Å². The van der Waals surface area contributed by atoms with Gasteiger partial charge < -0.3 is 4.74 Å². The van der Waals surface area contributed by atoms with Crippen molar-refractivity contribution in [3.05, 3.63) is 28.8 Å². The molecule has 0 aliphatic carbocycles. The first kappa shape index (κ1) is 15.9. The van der Waals surface area contributed by atoms with Crippen LogP contribution in [0.3, 0.4) is 0 Å². The minimum Gasteiger partial charge on any atom is -0.383 e. The SMILES string of the molecule is CCC(COC)NS(=O)(=O)c1cc(C#N)ccc1Cl. The van der Waals surface area contributed by atoms with Gasteiger partial charge in [0.25, 0.3) is 0 Å². The quantitative estimate of drug-likeness (QED) is 0.870. The first-order valence-corrected chi connectivity index (χ1v) is 7.51. The Labute approximate surface area is 118 Å². The van der Waals surface area contributed by atoms with Crippen LogP contribution in [-0.2, 0) is 14.8 Å². The van der Waals surface area contributed by atoms with E-state index < -0.39 is 10.0 Å². The summed E-state index contributed by atoms with van der Waals surface area (Å²) in [4.78, 5) is -0.0947. The minimum absolute atomic E-state index is 0.0822. The summed E-state index contributed by atoms with van der Waals surface area (Å²) in [6.45, 7) is 2.12. The molecule has 1 atom stereocenters. The Morgan fingerprint density at radius 2 is 2.21 bits per heavy atom. The molecule has 5 nitrogen and oxygen atoms in total. The molecule has 19 heavy (non-hydrogen) atoms. The fourth-order valence-corrected chi connectivity index (χ4v) is 3.33. The van der Waals surface area contributed by atoms with Gasteiger partial charge in [0.15, 0.2) is 0 Å². The molecule has 0 bridgehead atoms. The molecule has 0 aliphatic heterocycles. The highest BCUT2D eigenvalue weighted by molar-refractivity contribution is 7.89. The average molecular weight is 303 g/mol. The van der Waals surface area contributed by atoms with Crippen LogP contribution in [0.5, 0.6) is 0 Å². The highest BCUT2D eigenvalue weighted by Crippen LogP contribution is 2.22. The molecule has 1 aromatic carbocycles. The summed E-state index contributed by atoms with van der Waals surface area (Å²) in [6, 6.07) is 5.66. The van der Waals surface area contributed by atoms with Gasteiger partial charge >= 0.3 is 0 Å². The molecule has 1 unspecified atom stereocenters. The van der Waals surface area contributed by atoms with E-state index in [0.29, 0.717) is 6.42 Å². The first-order chi connectivity index (χ1) is 8.94. The molecule has 0 saturated heterocycles. The van der Waals surface area contributed by atoms with Gasteiger partial charge in [0, 0.05) is 13.2 Å². The lowest BCUT2D eigenvalue weighted by molar-refractivity contribution is 0.173. The number of nitrogens with zero attached hydrogens (tertiary/aromatic N) is 1. The van der Waals surface area contributed by atoms with Crippen molar-refractivity contribution in [1.82, 2.24) is 4.72 Å². The number of halogens is 1. The summed E-state index contributed by atoms with van der Waals surface area (Å²) in [5, 5.41) is 8.88. The molecule has 0 aliphatic rings. The highest BCUT2D eigenvalue weighted by atomic mass is 35.5. The van der Waals surface area contributed by atoms with Crippen LogP contribution in [0, 0.1) is 11.3 Å². The standard InChI is InChI=1S/C12H15ClN2O3S/c1-3-10(8-18-2)15-19(16,17)12-6-9(7-14)4-5-11(12)13/h4-6,10,15H,3,8H2,1-2H3. The fourth-order valence-electron chi connectivity index (χ4n) is 1.50. The zero-order valence-electron chi connectivity index (χ0n) is 10.7. The normalized spacial score (nSPS) is 12.9. The molecule has 0 spiro atoms. The van der Waals surface area contributed by atoms with Gasteiger partial charge in [-0.3, -0.25) is 0 Å². The van der Waals surface area contributed by atoms with Crippen LogP contribution in [0.4, 0.5) is 0 Å². The third-order valence-electron chi connectivity index (χ3n) is 2.53. The van der Waals surface area contributed by atoms with Crippen molar-refractivity contribution in [2.75, 3.05) is 13.7 Å². The van der Waals surface area contributed by atoms with E-state index in [1.54, 1.807) is 0 Å². The van der Waals surface area contributed by atoms with E-state index in [1.807, 2.05) is 13.0 Å². The lowest BCUT2D eigenvalue weighted by atomic mass is 10.2. The van der Waals surface area contributed by atoms with Crippen LogP contribution in [-0.4, -0.2) is 28.2 Å². The topological polar surface area (TPSA) is 79.2 Å². The average Bonchev–Trinajstić information content (AvgIpc) is 2.38. The zero-order chi connectivity index (χ0) is 14.5. The minimum atomic E-state index is -3.77. The number of benzene rings is 1. The smallest absolute Gasteiger partial charge is 0.242 e. The Balaban J connectivity index is 3.10.